The van der Waals surface area contributed by atoms with Crippen LogP contribution in [0.15, 0.2) is 29.2 Å². The number of amides is 1. The number of unbranched alkanes of at least 4 members (excludes halogenated alkanes) is 1. The third-order valence-corrected chi connectivity index (χ3v) is 4.41. The molecule has 1 fully saturated rings. The molecular weight excluding hydrogens is 298 g/mol. The fourth-order valence-electron chi connectivity index (χ4n) is 1.72. The standard InChI is InChI=1S/C14H14ClNOS2/c1-2-3-8-16-13(17)12(19-14(16)18)9-10-4-6-11(15)7-5-10/h4-7,9H,2-3,8H2,1H3/b12-9+. The molecule has 2 nitrogen and oxygen atoms in total. The average molecular weight is 312 g/mol. The van der Waals surface area contributed by atoms with Crippen LogP contribution in [-0.4, -0.2) is 21.7 Å². The number of rotatable bonds is 4. The summed E-state index contributed by atoms with van der Waals surface area (Å²) in [4.78, 5) is 14.6. The Bertz CT molecular complexity index is 525. The van der Waals surface area contributed by atoms with Gasteiger partial charge in [0.2, 0.25) is 0 Å². The van der Waals surface area contributed by atoms with E-state index in [-0.39, 0.29) is 5.91 Å². The van der Waals surface area contributed by atoms with Gasteiger partial charge in [-0.15, -0.1) is 0 Å². The molecule has 19 heavy (non-hydrogen) atoms. The number of nitrogens with zero attached hydrogens (tertiary/aromatic N) is 1. The fourth-order valence-corrected chi connectivity index (χ4v) is 3.15. The number of halogens is 1. The molecule has 5 heteroatoms. The molecule has 0 atom stereocenters. The lowest BCUT2D eigenvalue weighted by Crippen LogP contribution is -2.28. The molecule has 1 saturated heterocycles. The van der Waals surface area contributed by atoms with Crippen molar-refractivity contribution in [3.63, 3.8) is 0 Å². The van der Waals surface area contributed by atoms with Gasteiger partial charge in [0.15, 0.2) is 0 Å². The van der Waals surface area contributed by atoms with E-state index in [9.17, 15) is 4.79 Å². The second-order valence-corrected chi connectivity index (χ2v) is 6.35. The van der Waals surface area contributed by atoms with Gasteiger partial charge in [0.1, 0.15) is 4.32 Å². The topological polar surface area (TPSA) is 20.3 Å². The molecule has 100 valence electrons. The monoisotopic (exact) mass is 311 g/mol. The zero-order chi connectivity index (χ0) is 13.8. The highest BCUT2D eigenvalue weighted by atomic mass is 35.5. The smallest absolute Gasteiger partial charge is 0.266 e. The van der Waals surface area contributed by atoms with E-state index in [2.05, 4.69) is 6.92 Å². The summed E-state index contributed by atoms with van der Waals surface area (Å²) in [5.41, 5.74) is 0.959. The van der Waals surface area contributed by atoms with Gasteiger partial charge in [-0.05, 0) is 30.2 Å². The first kappa shape index (κ1) is 14.6. The minimum absolute atomic E-state index is 0.0124. The van der Waals surface area contributed by atoms with Crippen LogP contribution in [0.4, 0.5) is 0 Å². The Kier molecular flexibility index (Phi) is 5.02. The summed E-state index contributed by atoms with van der Waals surface area (Å²) in [6.45, 7) is 2.81. The van der Waals surface area contributed by atoms with Crippen molar-refractivity contribution in [2.75, 3.05) is 6.54 Å². The van der Waals surface area contributed by atoms with Gasteiger partial charge in [-0.1, -0.05) is 61.1 Å². The molecule has 0 spiro atoms. The molecule has 1 amide bonds. The third-order valence-electron chi connectivity index (χ3n) is 2.78. The van der Waals surface area contributed by atoms with Crippen LogP contribution in [0, 0.1) is 0 Å². The van der Waals surface area contributed by atoms with E-state index < -0.39 is 0 Å². The minimum Gasteiger partial charge on any atom is -0.293 e. The van der Waals surface area contributed by atoms with Crippen LogP contribution >= 0.6 is 35.6 Å². The van der Waals surface area contributed by atoms with Gasteiger partial charge in [0.25, 0.3) is 5.91 Å². The largest absolute Gasteiger partial charge is 0.293 e. The maximum absolute atomic E-state index is 12.2. The van der Waals surface area contributed by atoms with Crippen LogP contribution in [0.2, 0.25) is 5.02 Å². The summed E-state index contributed by atoms with van der Waals surface area (Å²) < 4.78 is 0.652. The van der Waals surface area contributed by atoms with Crippen LogP contribution in [0.1, 0.15) is 25.3 Å². The molecule has 2 rings (SSSR count). The van der Waals surface area contributed by atoms with Crippen molar-refractivity contribution in [2.24, 2.45) is 0 Å². The molecule has 0 N–H and O–H groups in total. The molecule has 1 aliphatic heterocycles. The molecule has 1 aromatic rings. The zero-order valence-electron chi connectivity index (χ0n) is 10.6. The van der Waals surface area contributed by atoms with E-state index >= 15 is 0 Å². The molecule has 0 radical (unpaired) electrons. The minimum atomic E-state index is 0.0124. The molecule has 1 aromatic carbocycles. The van der Waals surface area contributed by atoms with Gasteiger partial charge in [-0.25, -0.2) is 0 Å². The van der Waals surface area contributed by atoms with Crippen LogP contribution in [-0.2, 0) is 4.79 Å². The van der Waals surface area contributed by atoms with Crippen molar-refractivity contribution < 1.29 is 4.79 Å². The summed E-state index contributed by atoms with van der Waals surface area (Å²) in [5, 5.41) is 0.688. The van der Waals surface area contributed by atoms with Gasteiger partial charge < -0.3 is 0 Å². The molecule has 0 saturated carbocycles. The lowest BCUT2D eigenvalue weighted by molar-refractivity contribution is -0.122. The van der Waals surface area contributed by atoms with Crippen molar-refractivity contribution in [3.05, 3.63) is 39.8 Å². The highest BCUT2D eigenvalue weighted by Crippen LogP contribution is 2.32. The second kappa shape index (κ2) is 6.55. The van der Waals surface area contributed by atoms with Gasteiger partial charge in [0.05, 0.1) is 4.91 Å². The number of thioether (sulfide) groups is 1. The molecule has 0 aromatic heterocycles. The van der Waals surface area contributed by atoms with Crippen LogP contribution in [0.25, 0.3) is 6.08 Å². The van der Waals surface area contributed by atoms with Gasteiger partial charge in [-0.2, -0.15) is 0 Å². The first-order valence-electron chi connectivity index (χ1n) is 6.12. The first-order chi connectivity index (χ1) is 9.11. The lowest BCUT2D eigenvalue weighted by Gasteiger charge is -2.12. The zero-order valence-corrected chi connectivity index (χ0v) is 12.9. The van der Waals surface area contributed by atoms with Gasteiger partial charge >= 0.3 is 0 Å². The highest BCUT2D eigenvalue weighted by molar-refractivity contribution is 8.26. The first-order valence-corrected chi connectivity index (χ1v) is 7.73. The van der Waals surface area contributed by atoms with E-state index in [1.54, 1.807) is 4.90 Å². The molecule has 0 unspecified atom stereocenters. The number of hydrogen-bond donors (Lipinski definition) is 0. The molecule has 1 heterocycles. The fraction of sp³-hybridized carbons (Fsp3) is 0.286. The highest BCUT2D eigenvalue weighted by Gasteiger charge is 2.31. The Hall–Kier alpha value is -0.840. The molecular formula is C14H14ClNOS2. The summed E-state index contributed by atoms with van der Waals surface area (Å²) in [5.74, 6) is 0.0124. The molecule has 0 aliphatic carbocycles. The Morgan fingerprint density at radius 3 is 2.68 bits per heavy atom. The van der Waals surface area contributed by atoms with Crippen molar-refractivity contribution in [3.8, 4) is 0 Å². The predicted octanol–water partition coefficient (Wildman–Crippen LogP) is 4.34. The molecule has 0 bridgehead atoms. The Morgan fingerprint density at radius 1 is 1.37 bits per heavy atom. The quantitative estimate of drug-likeness (QED) is 0.609. The Labute approximate surface area is 127 Å². The van der Waals surface area contributed by atoms with Crippen molar-refractivity contribution in [1.29, 1.82) is 0 Å². The second-order valence-electron chi connectivity index (χ2n) is 4.24. The van der Waals surface area contributed by atoms with Crippen LogP contribution in [0.3, 0.4) is 0 Å². The van der Waals surface area contributed by atoms with E-state index in [4.69, 9.17) is 23.8 Å². The van der Waals surface area contributed by atoms with Gasteiger partial charge in [0, 0.05) is 11.6 Å². The number of hydrogen-bond acceptors (Lipinski definition) is 3. The summed E-state index contributed by atoms with van der Waals surface area (Å²) >= 11 is 12.5. The van der Waals surface area contributed by atoms with Crippen LogP contribution < -0.4 is 0 Å². The van der Waals surface area contributed by atoms with E-state index in [0.717, 1.165) is 18.4 Å². The lowest BCUT2D eigenvalue weighted by atomic mass is 10.2. The van der Waals surface area contributed by atoms with Crippen molar-refractivity contribution in [1.82, 2.24) is 4.90 Å². The molecule has 1 aliphatic rings. The SMILES string of the molecule is CCCCN1C(=O)/C(=C\c2ccc(Cl)cc2)SC1=S. The number of carbonyl (C=O) groups excluding carboxylic acids is 1. The number of thiocarbonyl (C=S) groups is 1. The summed E-state index contributed by atoms with van der Waals surface area (Å²) in [6.07, 6.45) is 3.88. The maximum atomic E-state index is 12.2. The average Bonchev–Trinajstić information content (AvgIpc) is 2.65. The van der Waals surface area contributed by atoms with E-state index in [1.807, 2.05) is 30.3 Å². The normalized spacial score (nSPS) is 17.6. The Balaban J connectivity index is 2.16. The third kappa shape index (κ3) is 3.59. The van der Waals surface area contributed by atoms with Crippen molar-refractivity contribution in [2.45, 2.75) is 19.8 Å². The summed E-state index contributed by atoms with van der Waals surface area (Å²) in [6, 6.07) is 7.40. The predicted molar refractivity (Wildman–Crippen MR) is 86.2 cm³/mol. The van der Waals surface area contributed by atoms with Crippen molar-refractivity contribution >= 4 is 51.9 Å². The van der Waals surface area contributed by atoms with Gasteiger partial charge in [-0.3, -0.25) is 9.69 Å². The van der Waals surface area contributed by atoms with E-state index in [0.29, 0.717) is 20.8 Å². The number of carbonyl (C=O) groups is 1. The number of benzene rings is 1. The summed E-state index contributed by atoms with van der Waals surface area (Å²) in [7, 11) is 0. The maximum Gasteiger partial charge on any atom is 0.266 e. The Morgan fingerprint density at radius 2 is 2.05 bits per heavy atom. The van der Waals surface area contributed by atoms with E-state index in [1.165, 1.54) is 11.8 Å². The van der Waals surface area contributed by atoms with Crippen LogP contribution in [0.5, 0.6) is 0 Å².